The van der Waals surface area contributed by atoms with E-state index >= 15 is 0 Å². The Balaban J connectivity index is 2.40. The number of ether oxygens (including phenoxy) is 2. The zero-order valence-corrected chi connectivity index (χ0v) is 12.9. The van der Waals surface area contributed by atoms with Gasteiger partial charge in [-0.25, -0.2) is 9.59 Å². The molecule has 0 unspecified atom stereocenters. The molecule has 0 spiro atoms. The van der Waals surface area contributed by atoms with Gasteiger partial charge in [-0.15, -0.1) is 0 Å². The first-order chi connectivity index (χ1) is 9.21. The van der Waals surface area contributed by atoms with Crippen molar-refractivity contribution < 1.29 is 19.1 Å². The van der Waals surface area contributed by atoms with Gasteiger partial charge in [0.2, 0.25) is 0 Å². The number of alkyl carbamates (subject to hydrolysis) is 1. The Morgan fingerprint density at radius 3 is 2.55 bits per heavy atom. The van der Waals surface area contributed by atoms with E-state index in [9.17, 15) is 9.59 Å². The van der Waals surface area contributed by atoms with Crippen molar-refractivity contribution in [2.75, 3.05) is 13.1 Å². The van der Waals surface area contributed by atoms with Crippen LogP contribution in [-0.4, -0.2) is 41.8 Å². The highest BCUT2D eigenvalue weighted by molar-refractivity contribution is 5.70. The molecule has 1 N–H and O–H groups in total. The molecule has 2 amide bonds. The third kappa shape index (κ3) is 5.50. The first-order valence-corrected chi connectivity index (χ1v) is 6.80. The molecule has 6 heteroatoms. The number of nitrogens with one attached hydrogen (secondary N) is 1. The average molecular weight is 284 g/mol. The minimum absolute atomic E-state index is 0.0975. The smallest absolute Gasteiger partial charge is 0.412 e. The maximum Gasteiger partial charge on any atom is 0.412 e. The zero-order valence-electron chi connectivity index (χ0n) is 12.9. The molecule has 1 aliphatic rings. The van der Waals surface area contributed by atoms with Crippen LogP contribution in [0, 0.1) is 0 Å². The average Bonchev–Trinajstić information content (AvgIpc) is 2.74. The van der Waals surface area contributed by atoms with Gasteiger partial charge in [-0.05, 0) is 47.1 Å². The van der Waals surface area contributed by atoms with Gasteiger partial charge >= 0.3 is 12.2 Å². The monoisotopic (exact) mass is 284 g/mol. The second-order valence-corrected chi connectivity index (χ2v) is 5.85. The van der Waals surface area contributed by atoms with Crippen molar-refractivity contribution in [1.29, 1.82) is 0 Å². The van der Waals surface area contributed by atoms with E-state index in [0.29, 0.717) is 25.3 Å². The van der Waals surface area contributed by atoms with Crippen molar-refractivity contribution in [2.45, 2.75) is 52.7 Å². The van der Waals surface area contributed by atoms with E-state index in [2.05, 4.69) is 5.32 Å². The summed E-state index contributed by atoms with van der Waals surface area (Å²) in [5.41, 5.74) is -0.509. The van der Waals surface area contributed by atoms with E-state index in [1.165, 1.54) is 0 Å². The molecular formula is C14H24N2O4. The Hall–Kier alpha value is -1.72. The topological polar surface area (TPSA) is 67.9 Å². The highest BCUT2D eigenvalue weighted by atomic mass is 16.6. The van der Waals surface area contributed by atoms with Crippen molar-refractivity contribution in [1.82, 2.24) is 10.2 Å². The highest BCUT2D eigenvalue weighted by Gasteiger charge is 2.30. The van der Waals surface area contributed by atoms with Crippen LogP contribution < -0.4 is 5.32 Å². The van der Waals surface area contributed by atoms with E-state index in [-0.39, 0.29) is 12.1 Å². The van der Waals surface area contributed by atoms with Crippen LogP contribution in [0.1, 0.15) is 41.0 Å². The second kappa shape index (κ2) is 6.63. The molecule has 0 radical (unpaired) electrons. The van der Waals surface area contributed by atoms with Gasteiger partial charge in [-0.1, -0.05) is 0 Å². The quantitative estimate of drug-likeness (QED) is 0.792. The lowest BCUT2D eigenvalue weighted by molar-refractivity contribution is 0.0290. The molecule has 20 heavy (non-hydrogen) atoms. The summed E-state index contributed by atoms with van der Waals surface area (Å²) in [7, 11) is 0. The fraction of sp³-hybridized carbons (Fsp3) is 0.714. The number of hydrogen-bond acceptors (Lipinski definition) is 4. The SMILES string of the molecule is C/C=C(/C)OC(=O)N[C@H]1CCN(C(=O)OC(C)(C)C)C1. The lowest BCUT2D eigenvalue weighted by atomic mass is 10.2. The molecule has 0 aromatic carbocycles. The number of carbonyl (C=O) groups excluding carboxylic acids is 2. The molecule has 6 nitrogen and oxygen atoms in total. The molecule has 1 saturated heterocycles. The van der Waals surface area contributed by atoms with Gasteiger partial charge in [-0.3, -0.25) is 0 Å². The number of carbonyl (C=O) groups is 2. The van der Waals surface area contributed by atoms with Crippen LogP contribution in [0.3, 0.4) is 0 Å². The zero-order chi connectivity index (χ0) is 15.3. The van der Waals surface area contributed by atoms with Gasteiger partial charge in [0.05, 0.1) is 6.04 Å². The van der Waals surface area contributed by atoms with Crippen molar-refractivity contribution in [2.24, 2.45) is 0 Å². The Kier molecular flexibility index (Phi) is 5.42. The standard InChI is InChI=1S/C14H24N2O4/c1-6-10(2)19-12(17)15-11-7-8-16(9-11)13(18)20-14(3,4)5/h6,11H,7-9H2,1-5H3,(H,15,17)/b10-6-/t11-/m0/s1. The van der Waals surface area contributed by atoms with Gasteiger partial charge in [0, 0.05) is 13.1 Å². The molecule has 0 aromatic rings. The molecule has 1 aliphatic heterocycles. The Morgan fingerprint density at radius 1 is 1.35 bits per heavy atom. The summed E-state index contributed by atoms with van der Waals surface area (Å²) < 4.78 is 10.3. The minimum atomic E-state index is -0.509. The summed E-state index contributed by atoms with van der Waals surface area (Å²) in [6, 6.07) is -0.0975. The molecule has 1 fully saturated rings. The molecule has 114 valence electrons. The van der Waals surface area contributed by atoms with Gasteiger partial charge in [-0.2, -0.15) is 0 Å². The lowest BCUT2D eigenvalue weighted by Gasteiger charge is -2.24. The molecule has 1 atom stereocenters. The third-order valence-corrected chi connectivity index (χ3v) is 2.82. The van der Waals surface area contributed by atoms with Crippen molar-refractivity contribution >= 4 is 12.2 Å². The lowest BCUT2D eigenvalue weighted by Crippen LogP contribution is -2.40. The fourth-order valence-corrected chi connectivity index (χ4v) is 1.77. The number of nitrogens with zero attached hydrogens (tertiary/aromatic N) is 1. The molecule has 1 rings (SSSR count). The predicted molar refractivity (Wildman–Crippen MR) is 75.3 cm³/mol. The number of amides is 2. The number of allylic oxidation sites excluding steroid dienone is 2. The van der Waals surface area contributed by atoms with Crippen LogP contribution in [0.2, 0.25) is 0 Å². The Morgan fingerprint density at radius 2 is 2.00 bits per heavy atom. The minimum Gasteiger partial charge on any atom is -0.444 e. The first-order valence-electron chi connectivity index (χ1n) is 6.80. The van der Waals surface area contributed by atoms with Crippen LogP contribution in [0.15, 0.2) is 11.8 Å². The number of likely N-dealkylation sites (tertiary alicyclic amines) is 1. The highest BCUT2D eigenvalue weighted by Crippen LogP contribution is 2.15. The van der Waals surface area contributed by atoms with Gasteiger partial charge in [0.15, 0.2) is 0 Å². The van der Waals surface area contributed by atoms with Gasteiger partial charge in [0.1, 0.15) is 11.4 Å². The van der Waals surface area contributed by atoms with Gasteiger partial charge in [0.25, 0.3) is 0 Å². The Labute approximate surface area is 120 Å². The summed E-state index contributed by atoms with van der Waals surface area (Å²) in [6.45, 7) is 10.0. The largest absolute Gasteiger partial charge is 0.444 e. The van der Waals surface area contributed by atoms with Crippen molar-refractivity contribution in [3.05, 3.63) is 11.8 Å². The maximum absolute atomic E-state index is 11.9. The summed E-state index contributed by atoms with van der Waals surface area (Å²) >= 11 is 0. The molecule has 0 aliphatic carbocycles. The molecule has 0 bridgehead atoms. The van der Waals surface area contributed by atoms with Crippen LogP contribution in [0.4, 0.5) is 9.59 Å². The summed E-state index contributed by atoms with van der Waals surface area (Å²) in [6.07, 6.45) is 1.57. The molecule has 0 aromatic heterocycles. The molecular weight excluding hydrogens is 260 g/mol. The van der Waals surface area contributed by atoms with Crippen LogP contribution in [0.25, 0.3) is 0 Å². The molecule has 1 heterocycles. The van der Waals surface area contributed by atoms with Crippen LogP contribution >= 0.6 is 0 Å². The van der Waals surface area contributed by atoms with E-state index in [1.54, 1.807) is 24.8 Å². The van der Waals surface area contributed by atoms with Crippen LogP contribution in [0.5, 0.6) is 0 Å². The molecule has 0 saturated carbocycles. The fourth-order valence-electron chi connectivity index (χ4n) is 1.77. The normalized spacial score (nSPS) is 19.8. The summed E-state index contributed by atoms with van der Waals surface area (Å²) in [5, 5.41) is 2.74. The number of hydrogen-bond donors (Lipinski definition) is 1. The summed E-state index contributed by atoms with van der Waals surface area (Å²) in [5.74, 6) is 0.546. The van der Waals surface area contributed by atoms with E-state index < -0.39 is 11.7 Å². The van der Waals surface area contributed by atoms with Gasteiger partial charge < -0.3 is 19.7 Å². The van der Waals surface area contributed by atoms with E-state index in [4.69, 9.17) is 9.47 Å². The third-order valence-electron chi connectivity index (χ3n) is 2.82. The van der Waals surface area contributed by atoms with Crippen molar-refractivity contribution in [3.8, 4) is 0 Å². The van der Waals surface area contributed by atoms with Crippen molar-refractivity contribution in [3.63, 3.8) is 0 Å². The number of rotatable bonds is 2. The Bertz CT molecular complexity index is 398. The maximum atomic E-state index is 11.9. The van der Waals surface area contributed by atoms with E-state index in [1.807, 2.05) is 20.8 Å². The summed E-state index contributed by atoms with van der Waals surface area (Å²) in [4.78, 5) is 25.0. The second-order valence-electron chi connectivity index (χ2n) is 5.85. The van der Waals surface area contributed by atoms with E-state index in [0.717, 1.165) is 0 Å². The van der Waals surface area contributed by atoms with Crippen LogP contribution in [-0.2, 0) is 9.47 Å². The predicted octanol–water partition coefficient (Wildman–Crippen LogP) is 2.65. The first kappa shape index (κ1) is 16.3.